The van der Waals surface area contributed by atoms with Gasteiger partial charge in [0.05, 0.1) is 18.8 Å². The summed E-state index contributed by atoms with van der Waals surface area (Å²) in [7, 11) is 1.51. The van der Waals surface area contributed by atoms with Crippen LogP contribution in [-0.4, -0.2) is 30.1 Å². The van der Waals surface area contributed by atoms with Gasteiger partial charge >= 0.3 is 12.0 Å². The van der Waals surface area contributed by atoms with Crippen molar-refractivity contribution in [2.24, 2.45) is 5.92 Å². The molecule has 9 heteroatoms. The van der Waals surface area contributed by atoms with Gasteiger partial charge in [-0.05, 0) is 60.2 Å². The third-order valence-electron chi connectivity index (χ3n) is 6.02. The van der Waals surface area contributed by atoms with E-state index in [-0.39, 0.29) is 18.2 Å². The molecule has 0 aromatic heterocycles. The summed E-state index contributed by atoms with van der Waals surface area (Å²) in [5.74, 6) is -0.805. The second-order valence-electron chi connectivity index (χ2n) is 9.19. The van der Waals surface area contributed by atoms with Gasteiger partial charge in [-0.25, -0.2) is 4.79 Å². The molecule has 2 aromatic rings. The number of nitrogens with one attached hydrogen (secondary N) is 4. The first-order chi connectivity index (χ1) is 18.2. The van der Waals surface area contributed by atoms with Crippen LogP contribution in [0, 0.1) is 12.8 Å². The summed E-state index contributed by atoms with van der Waals surface area (Å²) < 4.78 is 5.58. The van der Waals surface area contributed by atoms with Gasteiger partial charge < -0.3 is 31.1 Å². The quantitative estimate of drug-likeness (QED) is 0.292. The number of para-hydroxylation sites is 1. The van der Waals surface area contributed by atoms with Crippen LogP contribution < -0.4 is 26.0 Å². The number of carboxylic acids is 1. The van der Waals surface area contributed by atoms with E-state index in [2.05, 4.69) is 21.3 Å². The summed E-state index contributed by atoms with van der Waals surface area (Å²) in [5.41, 5.74) is 4.43. The summed E-state index contributed by atoms with van der Waals surface area (Å²) in [5, 5.41) is 21.1. The normalized spacial score (nSPS) is 14.1. The topological polar surface area (TPSA) is 129 Å². The number of allylic oxidation sites excluding steroid dienone is 3. The minimum atomic E-state index is -0.864. The maximum absolute atomic E-state index is 12.7. The van der Waals surface area contributed by atoms with E-state index in [0.717, 1.165) is 22.4 Å². The summed E-state index contributed by atoms with van der Waals surface area (Å²) in [6, 6.07) is 11.8. The maximum Gasteiger partial charge on any atom is 0.323 e. The fourth-order valence-corrected chi connectivity index (χ4v) is 4.24. The first kappa shape index (κ1) is 28.0. The van der Waals surface area contributed by atoms with Crippen molar-refractivity contribution >= 4 is 29.3 Å². The van der Waals surface area contributed by atoms with Crippen molar-refractivity contribution in [2.75, 3.05) is 17.7 Å². The number of aryl methyl sites for hydroxylation is 1. The second-order valence-corrected chi connectivity index (χ2v) is 9.19. The van der Waals surface area contributed by atoms with E-state index < -0.39 is 18.0 Å². The Morgan fingerprint density at radius 3 is 2.47 bits per heavy atom. The van der Waals surface area contributed by atoms with E-state index in [1.54, 1.807) is 18.3 Å². The number of anilines is 2. The summed E-state index contributed by atoms with van der Waals surface area (Å²) in [6.07, 6.45) is 7.86. The molecular formula is C29H34N4O5. The zero-order chi connectivity index (χ0) is 27.7. The molecule has 1 aliphatic rings. The molecule has 1 heterocycles. The number of hydrogen-bond donors (Lipinski definition) is 5. The zero-order valence-electron chi connectivity index (χ0n) is 22.0. The number of aliphatic carboxylic acids is 1. The Bertz CT molecular complexity index is 1280. The van der Waals surface area contributed by atoms with E-state index >= 15 is 0 Å². The molecule has 5 N–H and O–H groups in total. The minimum Gasteiger partial charge on any atom is -0.495 e. The third kappa shape index (κ3) is 7.73. The molecule has 2 unspecified atom stereocenters. The van der Waals surface area contributed by atoms with Crippen LogP contribution in [0.1, 0.15) is 43.9 Å². The van der Waals surface area contributed by atoms with Gasteiger partial charge in [0.15, 0.2) is 0 Å². The lowest BCUT2D eigenvalue weighted by Crippen LogP contribution is -2.29. The van der Waals surface area contributed by atoms with Crippen molar-refractivity contribution in [1.82, 2.24) is 10.6 Å². The van der Waals surface area contributed by atoms with Crippen LogP contribution in [0.4, 0.5) is 16.2 Å². The van der Waals surface area contributed by atoms with Crippen LogP contribution in [0.15, 0.2) is 78.2 Å². The molecule has 3 rings (SSSR count). The van der Waals surface area contributed by atoms with Gasteiger partial charge in [0.25, 0.3) is 0 Å². The summed E-state index contributed by atoms with van der Waals surface area (Å²) >= 11 is 0. The lowest BCUT2D eigenvalue weighted by Gasteiger charge is -2.25. The standard InChI is InChI=1S/C29H34N4O5/c1-18(16-27(35)36)15-25-22(10-7-8-14-30-25)28(31-20(3)34)21-12-13-24(26(17-21)38-4)33-29(37)32-23-11-6-5-9-19(23)2/h5-14,17-18,28,30H,15-16H2,1-4H3,(H,31,34)(H,35,36)(H2,32,33,37). The fraction of sp³-hybridized carbons (Fsp3) is 0.276. The molecule has 3 amide bonds. The van der Waals surface area contributed by atoms with Crippen molar-refractivity contribution in [3.05, 3.63) is 89.3 Å². The number of rotatable bonds is 10. The van der Waals surface area contributed by atoms with Crippen LogP contribution in [-0.2, 0) is 9.59 Å². The van der Waals surface area contributed by atoms with Crippen molar-refractivity contribution in [2.45, 2.75) is 39.7 Å². The highest BCUT2D eigenvalue weighted by Crippen LogP contribution is 2.34. The van der Waals surface area contributed by atoms with E-state index in [1.807, 2.05) is 62.4 Å². The van der Waals surface area contributed by atoms with Gasteiger partial charge in [-0.1, -0.05) is 43.3 Å². The molecule has 2 aromatic carbocycles. The molecule has 0 saturated heterocycles. The predicted molar refractivity (Wildman–Crippen MR) is 148 cm³/mol. The van der Waals surface area contributed by atoms with Gasteiger partial charge in [-0.15, -0.1) is 0 Å². The molecule has 0 bridgehead atoms. The van der Waals surface area contributed by atoms with Gasteiger partial charge in [-0.2, -0.15) is 0 Å². The summed E-state index contributed by atoms with van der Waals surface area (Å²) in [6.45, 7) is 5.22. The highest BCUT2D eigenvalue weighted by atomic mass is 16.5. The molecule has 1 aliphatic heterocycles. The van der Waals surface area contributed by atoms with Crippen LogP contribution in [0.25, 0.3) is 0 Å². The monoisotopic (exact) mass is 518 g/mol. The number of urea groups is 1. The van der Waals surface area contributed by atoms with Gasteiger partial charge in [0.1, 0.15) is 5.75 Å². The van der Waals surface area contributed by atoms with E-state index in [9.17, 15) is 19.5 Å². The minimum absolute atomic E-state index is 0.0233. The van der Waals surface area contributed by atoms with E-state index in [4.69, 9.17) is 4.74 Å². The first-order valence-corrected chi connectivity index (χ1v) is 12.3. The van der Waals surface area contributed by atoms with Gasteiger partial charge in [0, 0.05) is 30.9 Å². The van der Waals surface area contributed by atoms with Gasteiger partial charge in [-0.3, -0.25) is 9.59 Å². The van der Waals surface area contributed by atoms with Crippen LogP contribution in [0.3, 0.4) is 0 Å². The Hall–Kier alpha value is -4.53. The number of amides is 3. The average molecular weight is 519 g/mol. The third-order valence-corrected chi connectivity index (χ3v) is 6.02. The molecule has 0 spiro atoms. The Balaban J connectivity index is 1.93. The molecule has 0 fully saturated rings. The highest BCUT2D eigenvalue weighted by molar-refractivity contribution is 6.01. The number of carboxylic acid groups (broad SMARTS) is 1. The number of carbonyl (C=O) groups is 3. The maximum atomic E-state index is 12.7. The number of carbonyl (C=O) groups excluding carboxylic acids is 2. The van der Waals surface area contributed by atoms with E-state index in [1.165, 1.54) is 14.0 Å². The number of benzene rings is 2. The Morgan fingerprint density at radius 1 is 1.05 bits per heavy atom. The Kier molecular flexibility index (Phi) is 9.70. The van der Waals surface area contributed by atoms with Crippen LogP contribution in [0.2, 0.25) is 0 Å². The van der Waals surface area contributed by atoms with Crippen LogP contribution in [0.5, 0.6) is 5.75 Å². The lowest BCUT2D eigenvalue weighted by molar-refractivity contribution is -0.138. The van der Waals surface area contributed by atoms with Gasteiger partial charge in [0.2, 0.25) is 5.91 Å². The molecule has 0 aliphatic carbocycles. The van der Waals surface area contributed by atoms with Crippen LogP contribution >= 0.6 is 0 Å². The number of ether oxygens (including phenoxy) is 1. The average Bonchev–Trinajstić information content (AvgIpc) is 3.09. The molecule has 0 saturated carbocycles. The van der Waals surface area contributed by atoms with Crippen molar-refractivity contribution in [3.63, 3.8) is 0 Å². The van der Waals surface area contributed by atoms with E-state index in [0.29, 0.717) is 23.5 Å². The Labute approximate surface area is 222 Å². The largest absolute Gasteiger partial charge is 0.495 e. The van der Waals surface area contributed by atoms with Crippen molar-refractivity contribution < 1.29 is 24.2 Å². The zero-order valence-corrected chi connectivity index (χ0v) is 22.0. The predicted octanol–water partition coefficient (Wildman–Crippen LogP) is 5.25. The number of methoxy groups -OCH3 is 1. The molecule has 0 radical (unpaired) electrons. The first-order valence-electron chi connectivity index (χ1n) is 12.3. The number of hydrogen-bond acceptors (Lipinski definition) is 5. The molecule has 38 heavy (non-hydrogen) atoms. The molecule has 200 valence electrons. The highest BCUT2D eigenvalue weighted by Gasteiger charge is 2.23. The second kappa shape index (κ2) is 13.1. The molecular weight excluding hydrogens is 484 g/mol. The smallest absolute Gasteiger partial charge is 0.323 e. The molecule has 2 atom stereocenters. The molecule has 9 nitrogen and oxygen atoms in total. The van der Waals surface area contributed by atoms with Crippen molar-refractivity contribution in [1.29, 1.82) is 0 Å². The fourth-order valence-electron chi connectivity index (χ4n) is 4.24. The Morgan fingerprint density at radius 2 is 1.79 bits per heavy atom. The lowest BCUT2D eigenvalue weighted by atomic mass is 9.91. The SMILES string of the molecule is COc1cc(C(NC(C)=O)C2=C(CC(C)CC(=O)O)NC=CC=C2)ccc1NC(=O)Nc1ccccc1C. The summed E-state index contributed by atoms with van der Waals surface area (Å²) in [4.78, 5) is 36.1. The van der Waals surface area contributed by atoms with Crippen molar-refractivity contribution in [3.8, 4) is 5.75 Å².